The molecule has 0 aromatic heterocycles. The van der Waals surface area contributed by atoms with Crippen molar-refractivity contribution >= 4 is 20.5 Å². The monoisotopic (exact) mass is 258 g/mol. The van der Waals surface area contributed by atoms with Crippen LogP contribution < -0.4 is 0 Å². The van der Waals surface area contributed by atoms with Crippen LogP contribution in [0.2, 0.25) is 19.6 Å². The molecule has 0 radical (unpaired) electrons. The van der Waals surface area contributed by atoms with E-state index >= 15 is 0 Å². The Morgan fingerprint density at radius 1 is 1.06 bits per heavy atom. The minimum Gasteiger partial charge on any atom is -0.502 e. The summed E-state index contributed by atoms with van der Waals surface area (Å²) in [6.07, 6.45) is 2.13. The Morgan fingerprint density at radius 2 is 1.59 bits per heavy atom. The van der Waals surface area contributed by atoms with Gasteiger partial charge in [0, 0.05) is 0 Å². The second kappa shape index (κ2) is 5.90. The Kier molecular flexibility index (Phi) is 4.80. The first-order valence-corrected chi connectivity index (χ1v) is 9.13. The molecule has 0 bridgehead atoms. The number of carbonyl (C=O) groups excluding carboxylic acids is 2. The number of ether oxygens (including phenoxy) is 1. The van der Waals surface area contributed by atoms with E-state index in [-0.39, 0.29) is 6.10 Å². The fourth-order valence-electron chi connectivity index (χ4n) is 1.54. The van der Waals surface area contributed by atoms with Crippen molar-refractivity contribution in [2.45, 2.75) is 51.4 Å². The highest BCUT2D eigenvalue weighted by Crippen LogP contribution is 2.21. The molecule has 96 valence electrons. The van der Waals surface area contributed by atoms with Crippen molar-refractivity contribution in [2.24, 2.45) is 10.2 Å². The molecule has 0 saturated heterocycles. The van der Waals surface area contributed by atoms with E-state index in [0.29, 0.717) is 0 Å². The van der Waals surface area contributed by atoms with Crippen LogP contribution in [-0.4, -0.2) is 26.6 Å². The Hall–Kier alpha value is -1.24. The average Bonchev–Trinajstić information content (AvgIpc) is 2.64. The van der Waals surface area contributed by atoms with Gasteiger partial charge in [0.1, 0.15) is 6.10 Å². The van der Waals surface area contributed by atoms with Gasteiger partial charge < -0.3 is 9.16 Å². The number of hydrogen-bond acceptors (Lipinski definition) is 4. The van der Waals surface area contributed by atoms with Crippen molar-refractivity contribution in [1.82, 2.24) is 0 Å². The average molecular weight is 258 g/mol. The van der Waals surface area contributed by atoms with Gasteiger partial charge >= 0.3 is 12.2 Å². The third-order valence-corrected chi connectivity index (χ3v) is 2.96. The van der Waals surface area contributed by atoms with Gasteiger partial charge in [0.15, 0.2) is 0 Å². The molecule has 1 aliphatic rings. The maximum Gasteiger partial charge on any atom is 0.452 e. The molecular weight excluding hydrogens is 240 g/mol. The predicted octanol–water partition coefficient (Wildman–Crippen LogP) is 3.49. The maximum absolute atomic E-state index is 11.2. The van der Waals surface area contributed by atoms with E-state index in [1.165, 1.54) is 0 Å². The van der Waals surface area contributed by atoms with Gasteiger partial charge in [-0.25, -0.2) is 9.59 Å². The Balaban J connectivity index is 2.31. The first kappa shape index (κ1) is 13.8. The number of nitrogens with zero attached hydrogens (tertiary/aromatic N) is 2. The Morgan fingerprint density at radius 3 is 2.12 bits per heavy atom. The molecule has 0 aliphatic heterocycles. The summed E-state index contributed by atoms with van der Waals surface area (Å²) in [5.74, 6) is 0. The molecule has 0 heterocycles. The summed E-state index contributed by atoms with van der Waals surface area (Å²) in [5, 5.41) is 6.36. The lowest BCUT2D eigenvalue weighted by atomic mass is 10.3. The lowest BCUT2D eigenvalue weighted by Gasteiger charge is -2.13. The summed E-state index contributed by atoms with van der Waals surface area (Å²) < 4.78 is 9.99. The van der Waals surface area contributed by atoms with Crippen LogP contribution in [0.4, 0.5) is 9.59 Å². The fraction of sp³-hybridized carbons (Fsp3) is 0.800. The standard InChI is InChI=1S/C10H18N2O4Si/c1-17(2,3)16-10(14)12-11-9(13)15-8-6-4-5-7-8/h8H,4-7H2,1-3H3/b12-11+. The Bertz CT molecular complexity index is 319. The van der Waals surface area contributed by atoms with Gasteiger partial charge in [-0.1, -0.05) is 10.2 Å². The van der Waals surface area contributed by atoms with Gasteiger partial charge in [-0.3, -0.25) is 0 Å². The quantitative estimate of drug-likeness (QED) is 0.561. The van der Waals surface area contributed by atoms with E-state index in [0.717, 1.165) is 25.7 Å². The number of azo groups is 1. The summed E-state index contributed by atoms with van der Waals surface area (Å²) >= 11 is 0. The van der Waals surface area contributed by atoms with Crippen molar-refractivity contribution in [1.29, 1.82) is 0 Å². The van der Waals surface area contributed by atoms with E-state index in [1.54, 1.807) is 0 Å². The molecule has 7 heteroatoms. The molecule has 2 amide bonds. The molecule has 1 saturated carbocycles. The summed E-state index contributed by atoms with van der Waals surface area (Å²) in [5.41, 5.74) is 0. The summed E-state index contributed by atoms with van der Waals surface area (Å²) in [7, 11) is -1.98. The van der Waals surface area contributed by atoms with Crippen LogP contribution >= 0.6 is 0 Å². The van der Waals surface area contributed by atoms with Gasteiger partial charge in [-0.15, -0.1) is 0 Å². The zero-order valence-corrected chi connectivity index (χ0v) is 11.4. The van der Waals surface area contributed by atoms with Crippen LogP contribution in [0, 0.1) is 0 Å². The molecule has 0 aromatic carbocycles. The van der Waals surface area contributed by atoms with E-state index in [9.17, 15) is 9.59 Å². The van der Waals surface area contributed by atoms with Gasteiger partial charge in [-0.05, 0) is 45.3 Å². The molecule has 6 nitrogen and oxygen atoms in total. The fourth-order valence-corrected chi connectivity index (χ4v) is 2.10. The van der Waals surface area contributed by atoms with Crippen molar-refractivity contribution in [3.8, 4) is 0 Å². The number of rotatable bonds is 2. The lowest BCUT2D eigenvalue weighted by Crippen LogP contribution is -2.27. The van der Waals surface area contributed by atoms with Crippen molar-refractivity contribution in [3.63, 3.8) is 0 Å². The molecular formula is C10H18N2O4Si. The summed E-state index contributed by atoms with van der Waals surface area (Å²) in [6.45, 7) is 5.53. The number of carbonyl (C=O) groups is 2. The minimum absolute atomic E-state index is 0.0746. The highest BCUT2D eigenvalue weighted by atomic mass is 28.4. The third-order valence-electron chi connectivity index (χ3n) is 2.18. The van der Waals surface area contributed by atoms with Crippen molar-refractivity contribution in [3.05, 3.63) is 0 Å². The SMILES string of the molecule is C[Si](C)(C)OC(=O)/N=N/C(=O)OC1CCCC1. The van der Waals surface area contributed by atoms with Crippen molar-refractivity contribution < 1.29 is 18.8 Å². The molecule has 0 atom stereocenters. The summed E-state index contributed by atoms with van der Waals surface area (Å²) in [4.78, 5) is 22.3. The Labute approximate surface area is 102 Å². The van der Waals surface area contributed by atoms with Crippen LogP contribution in [0.5, 0.6) is 0 Å². The van der Waals surface area contributed by atoms with Crippen LogP contribution in [0.15, 0.2) is 10.2 Å². The highest BCUT2D eigenvalue weighted by molar-refractivity contribution is 6.71. The van der Waals surface area contributed by atoms with Crippen LogP contribution in [0.25, 0.3) is 0 Å². The smallest absolute Gasteiger partial charge is 0.452 e. The van der Waals surface area contributed by atoms with E-state index < -0.39 is 20.5 Å². The predicted molar refractivity (Wildman–Crippen MR) is 63.4 cm³/mol. The second-order valence-corrected chi connectivity index (χ2v) is 9.40. The van der Waals surface area contributed by atoms with Gasteiger partial charge in [0.05, 0.1) is 0 Å². The summed E-state index contributed by atoms with van der Waals surface area (Å²) in [6, 6.07) is 0. The third kappa shape index (κ3) is 6.15. The largest absolute Gasteiger partial charge is 0.502 e. The zero-order valence-electron chi connectivity index (χ0n) is 10.4. The highest BCUT2D eigenvalue weighted by Gasteiger charge is 2.21. The normalized spacial score (nSPS) is 17.4. The number of amides is 2. The molecule has 0 unspecified atom stereocenters. The maximum atomic E-state index is 11.2. The van der Waals surface area contributed by atoms with Gasteiger partial charge in [-0.2, -0.15) is 0 Å². The molecule has 1 fully saturated rings. The van der Waals surface area contributed by atoms with Crippen LogP contribution in [-0.2, 0) is 9.16 Å². The minimum atomic E-state index is -1.98. The first-order valence-electron chi connectivity index (χ1n) is 5.72. The molecule has 0 spiro atoms. The van der Waals surface area contributed by atoms with Crippen LogP contribution in [0.3, 0.4) is 0 Å². The first-order chi connectivity index (χ1) is 7.87. The molecule has 1 rings (SSSR count). The molecule has 1 aliphatic carbocycles. The second-order valence-electron chi connectivity index (χ2n) is 4.97. The molecule has 17 heavy (non-hydrogen) atoms. The van der Waals surface area contributed by atoms with E-state index in [4.69, 9.17) is 9.16 Å². The number of hydrogen-bond donors (Lipinski definition) is 0. The topological polar surface area (TPSA) is 77.3 Å². The van der Waals surface area contributed by atoms with E-state index in [1.807, 2.05) is 19.6 Å². The van der Waals surface area contributed by atoms with Crippen molar-refractivity contribution in [2.75, 3.05) is 0 Å². The zero-order chi connectivity index (χ0) is 12.9. The van der Waals surface area contributed by atoms with E-state index in [2.05, 4.69) is 10.2 Å². The molecule has 0 aromatic rings. The van der Waals surface area contributed by atoms with Gasteiger partial charge in [0.25, 0.3) is 0 Å². The lowest BCUT2D eigenvalue weighted by molar-refractivity contribution is 0.108. The van der Waals surface area contributed by atoms with Gasteiger partial charge in [0.2, 0.25) is 8.32 Å². The molecule has 0 N–H and O–H groups in total. The van der Waals surface area contributed by atoms with Crippen LogP contribution in [0.1, 0.15) is 25.7 Å².